The molecule has 0 saturated carbocycles. The summed E-state index contributed by atoms with van der Waals surface area (Å²) < 4.78 is 4.85. The summed E-state index contributed by atoms with van der Waals surface area (Å²) in [7, 11) is 0. The van der Waals surface area contributed by atoms with Crippen LogP contribution in [0.15, 0.2) is 29.3 Å². The lowest BCUT2D eigenvalue weighted by molar-refractivity contribution is -0.143. The van der Waals surface area contributed by atoms with E-state index >= 15 is 0 Å². The van der Waals surface area contributed by atoms with Crippen molar-refractivity contribution in [2.75, 3.05) is 19.7 Å². The molecule has 0 N–H and O–H groups in total. The first kappa shape index (κ1) is 17.2. The van der Waals surface area contributed by atoms with Gasteiger partial charge in [-0.2, -0.15) is 5.26 Å². The average molecular weight is 313 g/mol. The number of aliphatic imine (C=N–C) groups is 1. The van der Waals surface area contributed by atoms with Crippen LogP contribution in [0, 0.1) is 17.2 Å². The van der Waals surface area contributed by atoms with Crippen LogP contribution in [0.5, 0.6) is 0 Å². The molecule has 1 heterocycles. The zero-order valence-electron chi connectivity index (χ0n) is 13.6. The van der Waals surface area contributed by atoms with Crippen LogP contribution in [-0.2, 0) is 22.6 Å². The highest BCUT2D eigenvalue weighted by Gasteiger charge is 2.16. The molecular formula is C18H23N3O2. The molecule has 0 amide bonds. The number of rotatable bonds is 7. The van der Waals surface area contributed by atoms with E-state index in [0.717, 1.165) is 25.2 Å². The lowest BCUT2D eigenvalue weighted by atomic mass is 10.1. The highest BCUT2D eigenvalue weighted by atomic mass is 16.5. The average Bonchev–Trinajstić information content (AvgIpc) is 3.06. The van der Waals surface area contributed by atoms with E-state index in [1.54, 1.807) is 6.92 Å². The van der Waals surface area contributed by atoms with Crippen LogP contribution in [0.4, 0.5) is 0 Å². The maximum atomic E-state index is 11.6. The number of hydrogen-bond acceptors (Lipinski definition) is 5. The van der Waals surface area contributed by atoms with Gasteiger partial charge in [-0.25, -0.2) is 0 Å². The molecule has 0 aromatic heterocycles. The standard InChI is InChI=1S/C18H23N3O2/c1-2-23-18(22)17(11-19)13-20-12-15-7-3-4-8-16(15)14-21-9-5-6-10-21/h3-4,7-8,13,17H,2,5-6,9-10,12,14H2,1H3/t17-/m1/s1. The van der Waals surface area contributed by atoms with Crippen LogP contribution in [-0.4, -0.2) is 36.8 Å². The highest BCUT2D eigenvalue weighted by Crippen LogP contribution is 2.16. The van der Waals surface area contributed by atoms with E-state index < -0.39 is 11.9 Å². The summed E-state index contributed by atoms with van der Waals surface area (Å²) in [5.74, 6) is -1.47. The number of esters is 1. The third-order valence-electron chi connectivity index (χ3n) is 3.91. The minimum atomic E-state index is -0.930. The van der Waals surface area contributed by atoms with Crippen LogP contribution < -0.4 is 0 Å². The van der Waals surface area contributed by atoms with Crippen LogP contribution in [0.25, 0.3) is 0 Å². The van der Waals surface area contributed by atoms with Crippen LogP contribution in [0.1, 0.15) is 30.9 Å². The van der Waals surface area contributed by atoms with Gasteiger partial charge in [0.2, 0.25) is 0 Å². The molecule has 1 fully saturated rings. The van der Waals surface area contributed by atoms with Gasteiger partial charge in [0.25, 0.3) is 0 Å². The van der Waals surface area contributed by atoms with Crippen LogP contribution >= 0.6 is 0 Å². The second-order valence-electron chi connectivity index (χ2n) is 5.60. The van der Waals surface area contributed by atoms with Crippen molar-refractivity contribution in [2.45, 2.75) is 32.9 Å². The van der Waals surface area contributed by atoms with Gasteiger partial charge in [0.1, 0.15) is 0 Å². The molecule has 1 aliphatic rings. The number of benzene rings is 1. The minimum Gasteiger partial charge on any atom is -0.465 e. The second-order valence-corrected chi connectivity index (χ2v) is 5.60. The highest BCUT2D eigenvalue weighted by molar-refractivity contribution is 5.92. The summed E-state index contributed by atoms with van der Waals surface area (Å²) in [6, 6.07) is 10.1. The number of likely N-dealkylation sites (tertiary alicyclic amines) is 1. The molecule has 0 unspecified atom stereocenters. The fraction of sp³-hybridized carbons (Fsp3) is 0.500. The topological polar surface area (TPSA) is 65.7 Å². The minimum absolute atomic E-state index is 0.267. The van der Waals surface area contributed by atoms with Gasteiger partial charge in [-0.1, -0.05) is 24.3 Å². The predicted molar refractivity (Wildman–Crippen MR) is 88.9 cm³/mol. The Balaban J connectivity index is 1.98. The lowest BCUT2D eigenvalue weighted by Gasteiger charge is -2.16. The van der Waals surface area contributed by atoms with Crippen molar-refractivity contribution in [3.8, 4) is 6.07 Å². The Morgan fingerprint density at radius 2 is 2.09 bits per heavy atom. The number of nitriles is 1. The molecule has 1 atom stereocenters. The summed E-state index contributed by atoms with van der Waals surface area (Å²) in [5, 5.41) is 9.02. The largest absolute Gasteiger partial charge is 0.465 e. The van der Waals surface area contributed by atoms with Crippen LogP contribution in [0.3, 0.4) is 0 Å². The summed E-state index contributed by atoms with van der Waals surface area (Å²) in [5.41, 5.74) is 2.40. The number of carbonyl (C=O) groups excluding carboxylic acids is 1. The fourth-order valence-electron chi connectivity index (χ4n) is 2.68. The van der Waals surface area contributed by atoms with E-state index in [0.29, 0.717) is 6.54 Å². The second kappa shape index (κ2) is 9.06. The van der Waals surface area contributed by atoms with E-state index in [9.17, 15) is 4.79 Å². The van der Waals surface area contributed by atoms with Gasteiger partial charge < -0.3 is 4.74 Å². The summed E-state index contributed by atoms with van der Waals surface area (Å²) >= 11 is 0. The first-order chi connectivity index (χ1) is 11.2. The smallest absolute Gasteiger partial charge is 0.328 e. The molecule has 2 rings (SSSR count). The SMILES string of the molecule is CCOC(=O)[C@H](C#N)C=NCc1ccccc1CN1CCCC1. The molecule has 0 aliphatic carbocycles. The molecule has 0 bridgehead atoms. The van der Waals surface area contributed by atoms with Crippen molar-refractivity contribution in [3.63, 3.8) is 0 Å². The zero-order valence-corrected chi connectivity index (χ0v) is 13.6. The number of carbonyl (C=O) groups is 1. The van der Waals surface area contributed by atoms with Gasteiger partial charge in [-0.3, -0.25) is 14.7 Å². The molecule has 23 heavy (non-hydrogen) atoms. The molecular weight excluding hydrogens is 290 g/mol. The molecule has 0 spiro atoms. The van der Waals surface area contributed by atoms with Crippen LogP contribution in [0.2, 0.25) is 0 Å². The zero-order chi connectivity index (χ0) is 16.5. The molecule has 1 aromatic rings. The molecule has 122 valence electrons. The van der Waals surface area contributed by atoms with E-state index in [4.69, 9.17) is 10.00 Å². The van der Waals surface area contributed by atoms with Gasteiger partial charge in [0.05, 0.1) is 19.2 Å². The summed E-state index contributed by atoms with van der Waals surface area (Å²) in [4.78, 5) is 18.3. The fourth-order valence-corrected chi connectivity index (χ4v) is 2.68. The normalized spacial score (nSPS) is 16.3. The third kappa shape index (κ3) is 5.19. The van der Waals surface area contributed by atoms with Crippen molar-refractivity contribution in [3.05, 3.63) is 35.4 Å². The number of ether oxygens (including phenoxy) is 1. The molecule has 1 saturated heterocycles. The lowest BCUT2D eigenvalue weighted by Crippen LogP contribution is -2.19. The molecule has 1 aromatic carbocycles. The van der Waals surface area contributed by atoms with Crippen molar-refractivity contribution in [1.82, 2.24) is 4.90 Å². The first-order valence-electron chi connectivity index (χ1n) is 8.10. The Labute approximate surface area is 137 Å². The predicted octanol–water partition coefficient (Wildman–Crippen LogP) is 2.56. The number of nitrogens with zero attached hydrogens (tertiary/aromatic N) is 3. The van der Waals surface area contributed by atoms with E-state index in [2.05, 4.69) is 22.0 Å². The molecule has 5 nitrogen and oxygen atoms in total. The van der Waals surface area contributed by atoms with Crippen molar-refractivity contribution in [2.24, 2.45) is 10.9 Å². The Morgan fingerprint density at radius 1 is 1.39 bits per heavy atom. The van der Waals surface area contributed by atoms with Gasteiger partial charge in [0, 0.05) is 12.8 Å². The Bertz CT molecular complexity index is 586. The van der Waals surface area contributed by atoms with Crippen molar-refractivity contribution < 1.29 is 9.53 Å². The van der Waals surface area contributed by atoms with Gasteiger partial charge in [-0.05, 0) is 44.0 Å². The van der Waals surface area contributed by atoms with E-state index in [1.807, 2.05) is 18.2 Å². The van der Waals surface area contributed by atoms with Gasteiger partial charge >= 0.3 is 5.97 Å². The Hall–Kier alpha value is -2.19. The van der Waals surface area contributed by atoms with E-state index in [1.165, 1.54) is 24.6 Å². The molecule has 0 radical (unpaired) electrons. The molecule has 1 aliphatic heterocycles. The quantitative estimate of drug-likeness (QED) is 0.573. The summed E-state index contributed by atoms with van der Waals surface area (Å²) in [6.45, 7) is 5.70. The van der Waals surface area contributed by atoms with E-state index in [-0.39, 0.29) is 6.61 Å². The monoisotopic (exact) mass is 313 g/mol. The van der Waals surface area contributed by atoms with Gasteiger partial charge in [-0.15, -0.1) is 0 Å². The molecule has 5 heteroatoms. The first-order valence-corrected chi connectivity index (χ1v) is 8.10. The maximum Gasteiger partial charge on any atom is 0.328 e. The van der Waals surface area contributed by atoms with Crippen molar-refractivity contribution >= 4 is 12.2 Å². The maximum absolute atomic E-state index is 11.6. The summed E-state index contributed by atoms with van der Waals surface area (Å²) in [6.07, 6.45) is 3.93. The Kier molecular flexibility index (Phi) is 6.76. The van der Waals surface area contributed by atoms with Crippen molar-refractivity contribution in [1.29, 1.82) is 5.26 Å². The third-order valence-corrected chi connectivity index (χ3v) is 3.91. The number of hydrogen-bond donors (Lipinski definition) is 0. The van der Waals surface area contributed by atoms with Gasteiger partial charge in [0.15, 0.2) is 5.92 Å². The Morgan fingerprint density at radius 3 is 2.74 bits per heavy atom.